The summed E-state index contributed by atoms with van der Waals surface area (Å²) in [6, 6.07) is 0. The molecule has 0 atom stereocenters. The zero-order chi connectivity index (χ0) is 20.6. The number of hydrogen-bond donors (Lipinski definition) is 0. The third-order valence-corrected chi connectivity index (χ3v) is 3.43. The lowest BCUT2D eigenvalue weighted by Crippen LogP contribution is -2.52. The fourth-order valence-corrected chi connectivity index (χ4v) is 2.09. The highest BCUT2D eigenvalue weighted by molar-refractivity contribution is 5.59. The topological polar surface area (TPSA) is 0 Å². The largest absolute Gasteiger partial charge is 0.368 e. The first-order valence-electron chi connectivity index (χ1n) is 5.90. The quantitative estimate of drug-likeness (QED) is 0.445. The minimum atomic E-state index is -6.57. The summed E-state index contributed by atoms with van der Waals surface area (Å²) in [4.78, 5) is 0. The third-order valence-electron chi connectivity index (χ3n) is 3.43. The Morgan fingerprint density at radius 1 is 0.346 bits per heavy atom. The molecule has 146 valence electrons. The van der Waals surface area contributed by atoms with Gasteiger partial charge in [-0.15, -0.1) is 0 Å². The molecule has 2 rings (SSSR count). The van der Waals surface area contributed by atoms with E-state index < -0.39 is 69.8 Å². The van der Waals surface area contributed by atoms with Gasteiger partial charge in [0.15, 0.2) is 23.3 Å². The molecule has 26 heavy (non-hydrogen) atoms. The van der Waals surface area contributed by atoms with E-state index >= 15 is 0 Å². The lowest BCUT2D eigenvalue weighted by atomic mass is 9.81. The predicted molar refractivity (Wildman–Crippen MR) is 54.5 cm³/mol. The summed E-state index contributed by atoms with van der Waals surface area (Å²) in [5.74, 6) is -47.9. The average molecular weight is 410 g/mol. The summed E-state index contributed by atoms with van der Waals surface area (Å²) in [5.41, 5.74) is -7.57. The van der Waals surface area contributed by atoms with E-state index in [0.717, 1.165) is 0 Å². The van der Waals surface area contributed by atoms with Crippen LogP contribution in [-0.4, -0.2) is 23.7 Å². The van der Waals surface area contributed by atoms with Crippen molar-refractivity contribution >= 4 is 0 Å². The zero-order valence-corrected chi connectivity index (χ0v) is 11.3. The Hall–Kier alpha value is -2.02. The van der Waals surface area contributed by atoms with Gasteiger partial charge in [0.05, 0.1) is 11.1 Å². The van der Waals surface area contributed by atoms with Crippen LogP contribution in [0, 0.1) is 0 Å². The smallest absolute Gasteiger partial charge is 0.203 e. The molecule has 0 aliphatic heterocycles. The maximum Gasteiger partial charge on any atom is 0.368 e. The maximum atomic E-state index is 13.6. The van der Waals surface area contributed by atoms with Crippen LogP contribution in [-0.2, 0) is 0 Å². The summed E-state index contributed by atoms with van der Waals surface area (Å²) in [6.45, 7) is 0. The minimum absolute atomic E-state index is 3.54. The van der Waals surface area contributed by atoms with Gasteiger partial charge in [-0.3, -0.25) is 0 Å². The molecule has 14 heteroatoms. The molecule has 0 amide bonds. The molecule has 0 N–H and O–H groups in total. The zero-order valence-electron chi connectivity index (χ0n) is 11.3. The molecule has 0 fully saturated rings. The molecule has 2 aliphatic carbocycles. The molecule has 0 aromatic heterocycles. The molecule has 0 nitrogen and oxygen atoms in total. The lowest BCUT2D eigenvalue weighted by molar-refractivity contribution is -0.194. The van der Waals surface area contributed by atoms with Crippen molar-refractivity contribution in [1.82, 2.24) is 0 Å². The van der Waals surface area contributed by atoms with Gasteiger partial charge >= 0.3 is 23.7 Å². The Morgan fingerprint density at radius 3 is 0.808 bits per heavy atom. The standard InChI is InChI=1S/C12F14/c13-3-1(9(19,20)11(23,24)7(17)5(3)15)2-4(14)6(16)8(18)12(25,26)10(2,21)22. The molecule has 0 unspecified atom stereocenters. The van der Waals surface area contributed by atoms with E-state index in [0.29, 0.717) is 0 Å². The first kappa shape index (κ1) is 20.3. The molecule has 0 saturated heterocycles. The second-order valence-corrected chi connectivity index (χ2v) is 4.93. The van der Waals surface area contributed by atoms with Crippen LogP contribution in [0.1, 0.15) is 0 Å². The van der Waals surface area contributed by atoms with Crippen LogP contribution in [0.4, 0.5) is 61.5 Å². The van der Waals surface area contributed by atoms with Gasteiger partial charge in [0, 0.05) is 0 Å². The highest BCUT2D eigenvalue weighted by Gasteiger charge is 2.75. The summed E-state index contributed by atoms with van der Waals surface area (Å²) in [7, 11) is 0. The SMILES string of the molecule is FC1=C(F)C(F)(F)C(F)(F)C(C2=C(F)C(F)=C(F)C(F)(F)C2(F)F)=C1F. The lowest BCUT2D eigenvalue weighted by Gasteiger charge is -2.37. The number of rotatable bonds is 1. The molecular formula is C12F14. The van der Waals surface area contributed by atoms with Crippen LogP contribution in [0.2, 0.25) is 0 Å². The van der Waals surface area contributed by atoms with E-state index in [9.17, 15) is 61.5 Å². The Bertz CT molecular complexity index is 738. The molecule has 0 heterocycles. The van der Waals surface area contributed by atoms with Gasteiger partial charge in [-0.05, 0) is 0 Å². The monoisotopic (exact) mass is 410 g/mol. The van der Waals surface area contributed by atoms with Crippen LogP contribution in [0.5, 0.6) is 0 Å². The summed E-state index contributed by atoms with van der Waals surface area (Å²) in [5, 5.41) is 0. The average Bonchev–Trinajstić information content (AvgIpc) is 2.52. The van der Waals surface area contributed by atoms with Gasteiger partial charge in [0.2, 0.25) is 11.7 Å². The van der Waals surface area contributed by atoms with Gasteiger partial charge in [-0.25, -0.2) is 26.3 Å². The fourth-order valence-electron chi connectivity index (χ4n) is 2.09. The van der Waals surface area contributed by atoms with Crippen LogP contribution in [0.15, 0.2) is 46.1 Å². The second kappa shape index (κ2) is 5.25. The summed E-state index contributed by atoms with van der Waals surface area (Å²) in [6.07, 6.45) is 0. The molecule has 0 radical (unpaired) electrons. The van der Waals surface area contributed by atoms with E-state index in [2.05, 4.69) is 0 Å². The molecule has 0 aromatic carbocycles. The highest BCUT2D eigenvalue weighted by atomic mass is 19.3. The van der Waals surface area contributed by atoms with Gasteiger partial charge in [0.25, 0.3) is 0 Å². The molecule has 0 saturated carbocycles. The molecule has 0 aromatic rings. The minimum Gasteiger partial charge on any atom is -0.203 e. The Kier molecular flexibility index (Phi) is 4.10. The Balaban J connectivity index is 3.01. The maximum absolute atomic E-state index is 13.6. The fraction of sp³-hybridized carbons (Fsp3) is 0.333. The number of hydrogen-bond acceptors (Lipinski definition) is 0. The van der Waals surface area contributed by atoms with E-state index in [1.165, 1.54) is 0 Å². The van der Waals surface area contributed by atoms with Crippen molar-refractivity contribution in [2.45, 2.75) is 23.7 Å². The van der Waals surface area contributed by atoms with Crippen molar-refractivity contribution < 1.29 is 61.5 Å². The Labute approximate surface area is 132 Å². The van der Waals surface area contributed by atoms with Gasteiger partial charge in [-0.1, -0.05) is 0 Å². The van der Waals surface area contributed by atoms with Gasteiger partial charge < -0.3 is 0 Å². The van der Waals surface area contributed by atoms with Crippen LogP contribution < -0.4 is 0 Å². The van der Waals surface area contributed by atoms with E-state index in [4.69, 9.17) is 0 Å². The summed E-state index contributed by atoms with van der Waals surface area (Å²) < 4.78 is 186. The number of alkyl halides is 8. The van der Waals surface area contributed by atoms with Crippen LogP contribution in [0.25, 0.3) is 0 Å². The highest BCUT2D eigenvalue weighted by Crippen LogP contribution is 2.61. The van der Waals surface area contributed by atoms with Gasteiger partial charge in [-0.2, -0.15) is 35.1 Å². The number of halogens is 14. The van der Waals surface area contributed by atoms with E-state index in [-0.39, 0.29) is 0 Å². The van der Waals surface area contributed by atoms with Crippen LogP contribution >= 0.6 is 0 Å². The predicted octanol–water partition coefficient (Wildman–Crippen LogP) is 6.30. The van der Waals surface area contributed by atoms with Crippen LogP contribution in [0.3, 0.4) is 0 Å². The molecular weight excluding hydrogens is 410 g/mol. The summed E-state index contributed by atoms with van der Waals surface area (Å²) >= 11 is 0. The normalized spacial score (nSPS) is 27.5. The Morgan fingerprint density at radius 2 is 0.577 bits per heavy atom. The molecule has 0 bridgehead atoms. The van der Waals surface area contributed by atoms with Crippen molar-refractivity contribution in [2.75, 3.05) is 0 Å². The van der Waals surface area contributed by atoms with Crippen molar-refractivity contribution in [3.05, 3.63) is 46.1 Å². The molecule has 2 aliphatic rings. The second-order valence-electron chi connectivity index (χ2n) is 4.93. The van der Waals surface area contributed by atoms with Gasteiger partial charge in [0.1, 0.15) is 0 Å². The molecule has 0 spiro atoms. The van der Waals surface area contributed by atoms with E-state index in [1.807, 2.05) is 0 Å². The first-order chi connectivity index (χ1) is 11.5. The van der Waals surface area contributed by atoms with Crippen molar-refractivity contribution in [3.8, 4) is 0 Å². The van der Waals surface area contributed by atoms with Crippen molar-refractivity contribution in [3.63, 3.8) is 0 Å². The number of allylic oxidation sites excluding steroid dienone is 8. The van der Waals surface area contributed by atoms with E-state index in [1.54, 1.807) is 0 Å². The van der Waals surface area contributed by atoms with Crippen molar-refractivity contribution in [1.29, 1.82) is 0 Å². The first-order valence-corrected chi connectivity index (χ1v) is 5.90. The van der Waals surface area contributed by atoms with Crippen molar-refractivity contribution in [2.24, 2.45) is 0 Å². The third kappa shape index (κ3) is 2.09.